The van der Waals surface area contributed by atoms with E-state index in [4.69, 9.17) is 4.74 Å². The van der Waals surface area contributed by atoms with E-state index >= 15 is 0 Å². The lowest BCUT2D eigenvalue weighted by atomic mass is 10.0. The summed E-state index contributed by atoms with van der Waals surface area (Å²) in [5.41, 5.74) is 1.16. The summed E-state index contributed by atoms with van der Waals surface area (Å²) in [5, 5.41) is 5.79. The SMILES string of the molecule is CCCCNC(=O)C(c1ccc(C)cc1)N(CCCC)C(=O)C(CCSC)NC(=O)OC(C)(C)C. The van der Waals surface area contributed by atoms with Gasteiger partial charge in [0.2, 0.25) is 11.8 Å². The Bertz CT molecular complexity index is 793. The Morgan fingerprint density at radius 2 is 1.69 bits per heavy atom. The average Bonchev–Trinajstić information content (AvgIpc) is 2.78. The molecule has 0 aromatic heterocycles. The molecule has 0 saturated carbocycles. The Morgan fingerprint density at radius 1 is 1.06 bits per heavy atom. The maximum absolute atomic E-state index is 13.9. The number of benzene rings is 1. The van der Waals surface area contributed by atoms with Crippen molar-refractivity contribution in [3.8, 4) is 0 Å². The quantitative estimate of drug-likeness (QED) is 0.337. The maximum Gasteiger partial charge on any atom is 0.408 e. The van der Waals surface area contributed by atoms with Gasteiger partial charge in [-0.2, -0.15) is 11.8 Å². The van der Waals surface area contributed by atoms with Gasteiger partial charge in [-0.1, -0.05) is 56.5 Å². The fourth-order valence-electron chi connectivity index (χ4n) is 3.54. The minimum atomic E-state index is -0.787. The third-order valence-corrected chi connectivity index (χ3v) is 6.06. The molecule has 1 aromatic rings. The highest BCUT2D eigenvalue weighted by molar-refractivity contribution is 7.98. The molecule has 0 aliphatic carbocycles. The smallest absolute Gasteiger partial charge is 0.408 e. The summed E-state index contributed by atoms with van der Waals surface area (Å²) in [7, 11) is 0. The molecule has 0 bridgehead atoms. The van der Waals surface area contributed by atoms with Crippen molar-refractivity contribution < 1.29 is 19.1 Å². The molecule has 35 heavy (non-hydrogen) atoms. The number of rotatable bonds is 14. The molecule has 8 heteroatoms. The summed E-state index contributed by atoms with van der Waals surface area (Å²) < 4.78 is 5.42. The number of unbranched alkanes of at least 4 members (excludes halogenated alkanes) is 2. The fourth-order valence-corrected chi connectivity index (χ4v) is 4.02. The van der Waals surface area contributed by atoms with E-state index in [9.17, 15) is 14.4 Å². The molecule has 2 atom stereocenters. The summed E-state index contributed by atoms with van der Waals surface area (Å²) in [6, 6.07) is 6.16. The number of carbonyl (C=O) groups excluding carboxylic acids is 3. The van der Waals surface area contributed by atoms with E-state index in [0.29, 0.717) is 25.3 Å². The van der Waals surface area contributed by atoms with Crippen molar-refractivity contribution in [2.24, 2.45) is 0 Å². The van der Waals surface area contributed by atoms with Crippen LogP contribution < -0.4 is 10.6 Å². The van der Waals surface area contributed by atoms with Crippen LogP contribution in [0.5, 0.6) is 0 Å². The van der Waals surface area contributed by atoms with E-state index in [2.05, 4.69) is 24.5 Å². The molecule has 1 rings (SSSR count). The van der Waals surface area contributed by atoms with E-state index in [-0.39, 0.29) is 11.8 Å². The molecule has 0 spiro atoms. The molecule has 2 unspecified atom stereocenters. The molecule has 3 amide bonds. The number of nitrogens with zero attached hydrogens (tertiary/aromatic N) is 1. The molecule has 0 heterocycles. The van der Waals surface area contributed by atoms with E-state index in [1.54, 1.807) is 37.4 Å². The Labute approximate surface area is 216 Å². The number of carbonyl (C=O) groups is 3. The van der Waals surface area contributed by atoms with Crippen molar-refractivity contribution in [1.29, 1.82) is 0 Å². The van der Waals surface area contributed by atoms with Crippen LogP contribution in [0.2, 0.25) is 0 Å². The van der Waals surface area contributed by atoms with E-state index in [1.807, 2.05) is 37.4 Å². The number of aryl methyl sites for hydroxylation is 1. The summed E-state index contributed by atoms with van der Waals surface area (Å²) >= 11 is 1.60. The van der Waals surface area contributed by atoms with Gasteiger partial charge in [0.1, 0.15) is 17.7 Å². The van der Waals surface area contributed by atoms with Gasteiger partial charge in [0.05, 0.1) is 0 Å². The Hall–Kier alpha value is -2.22. The number of ether oxygens (including phenoxy) is 1. The Kier molecular flexibility index (Phi) is 13.8. The van der Waals surface area contributed by atoms with E-state index in [1.165, 1.54) is 0 Å². The van der Waals surface area contributed by atoms with Crippen LogP contribution in [0.25, 0.3) is 0 Å². The standard InChI is InChI=1S/C27H45N3O4S/c1-8-10-17-28-24(31)23(21-14-12-20(3)13-15-21)30(18-11-9-2)25(32)22(16-19-35-7)29-26(33)34-27(4,5)6/h12-15,22-23H,8-11,16-19H2,1-7H3,(H,28,31)(H,29,33). The second kappa shape index (κ2) is 15.7. The van der Waals surface area contributed by atoms with Crippen LogP contribution in [0.4, 0.5) is 4.79 Å². The first kappa shape index (κ1) is 30.8. The van der Waals surface area contributed by atoms with Crippen molar-refractivity contribution >= 4 is 29.7 Å². The second-order valence-corrected chi connectivity index (χ2v) is 10.8. The zero-order valence-electron chi connectivity index (χ0n) is 22.6. The van der Waals surface area contributed by atoms with Crippen LogP contribution in [0, 0.1) is 6.92 Å². The summed E-state index contributed by atoms with van der Waals surface area (Å²) in [4.78, 5) is 41.6. The molecule has 2 N–H and O–H groups in total. The molecule has 7 nitrogen and oxygen atoms in total. The zero-order valence-corrected chi connectivity index (χ0v) is 23.4. The summed E-state index contributed by atoms with van der Waals surface area (Å²) in [6.07, 6.45) is 5.22. The number of thioether (sulfide) groups is 1. The molecule has 0 fully saturated rings. The first-order chi connectivity index (χ1) is 16.5. The van der Waals surface area contributed by atoms with Crippen molar-refractivity contribution in [3.63, 3.8) is 0 Å². The normalized spacial score (nSPS) is 13.0. The molecule has 0 radical (unpaired) electrons. The first-order valence-corrected chi connectivity index (χ1v) is 14.1. The number of alkyl carbamates (subject to hydrolysis) is 1. The summed E-state index contributed by atoms with van der Waals surface area (Å²) in [5.74, 6) is 0.216. The van der Waals surface area contributed by atoms with Gasteiger partial charge < -0.3 is 20.3 Å². The largest absolute Gasteiger partial charge is 0.444 e. The highest BCUT2D eigenvalue weighted by Crippen LogP contribution is 2.24. The lowest BCUT2D eigenvalue weighted by molar-refractivity contribution is -0.142. The average molecular weight is 508 g/mol. The van der Waals surface area contributed by atoms with Gasteiger partial charge in [0, 0.05) is 13.1 Å². The fraction of sp³-hybridized carbons (Fsp3) is 0.667. The third kappa shape index (κ3) is 11.4. The number of nitrogens with one attached hydrogen (secondary N) is 2. The maximum atomic E-state index is 13.9. The minimum absolute atomic E-state index is 0.201. The Balaban J connectivity index is 3.36. The predicted molar refractivity (Wildman–Crippen MR) is 145 cm³/mol. The zero-order chi connectivity index (χ0) is 26.4. The monoisotopic (exact) mass is 507 g/mol. The topological polar surface area (TPSA) is 87.7 Å². The van der Waals surface area contributed by atoms with Crippen molar-refractivity contribution in [3.05, 3.63) is 35.4 Å². The molecular formula is C27H45N3O4S. The third-order valence-electron chi connectivity index (χ3n) is 5.42. The molecule has 198 valence electrons. The first-order valence-electron chi connectivity index (χ1n) is 12.7. The van der Waals surface area contributed by atoms with Crippen LogP contribution in [-0.4, -0.2) is 59.5 Å². The van der Waals surface area contributed by atoms with Gasteiger partial charge in [0.15, 0.2) is 0 Å². The van der Waals surface area contributed by atoms with Crippen LogP contribution in [0.1, 0.15) is 83.9 Å². The second-order valence-electron chi connectivity index (χ2n) is 9.82. The van der Waals surface area contributed by atoms with Crippen molar-refractivity contribution in [1.82, 2.24) is 15.5 Å². The molecule has 0 saturated heterocycles. The van der Waals surface area contributed by atoms with E-state index < -0.39 is 23.8 Å². The summed E-state index contributed by atoms with van der Waals surface area (Å²) in [6.45, 7) is 12.4. The van der Waals surface area contributed by atoms with Crippen molar-refractivity contribution in [2.45, 2.75) is 91.3 Å². The van der Waals surface area contributed by atoms with Crippen molar-refractivity contribution in [2.75, 3.05) is 25.1 Å². The van der Waals surface area contributed by atoms with Gasteiger partial charge in [-0.3, -0.25) is 9.59 Å². The van der Waals surface area contributed by atoms with Gasteiger partial charge in [-0.05, 0) is 64.5 Å². The number of hydrogen-bond acceptors (Lipinski definition) is 5. The van der Waals surface area contributed by atoms with E-state index in [0.717, 1.165) is 36.8 Å². The molecule has 0 aliphatic rings. The molecule has 0 aliphatic heterocycles. The van der Waals surface area contributed by atoms with Crippen LogP contribution in [0.3, 0.4) is 0 Å². The molecular weight excluding hydrogens is 462 g/mol. The van der Waals surface area contributed by atoms with Gasteiger partial charge in [-0.25, -0.2) is 4.79 Å². The predicted octanol–water partition coefficient (Wildman–Crippen LogP) is 5.23. The van der Waals surface area contributed by atoms with Gasteiger partial charge in [-0.15, -0.1) is 0 Å². The highest BCUT2D eigenvalue weighted by atomic mass is 32.2. The lowest BCUT2D eigenvalue weighted by Crippen LogP contribution is -2.53. The van der Waals surface area contributed by atoms with Crippen LogP contribution in [-0.2, 0) is 14.3 Å². The van der Waals surface area contributed by atoms with Crippen LogP contribution in [0.15, 0.2) is 24.3 Å². The van der Waals surface area contributed by atoms with Gasteiger partial charge >= 0.3 is 6.09 Å². The molecule has 1 aromatic carbocycles. The van der Waals surface area contributed by atoms with Gasteiger partial charge in [0.25, 0.3) is 0 Å². The van der Waals surface area contributed by atoms with Crippen LogP contribution >= 0.6 is 11.8 Å². The number of amides is 3. The highest BCUT2D eigenvalue weighted by Gasteiger charge is 2.35. The lowest BCUT2D eigenvalue weighted by Gasteiger charge is -2.34. The Morgan fingerprint density at radius 3 is 2.23 bits per heavy atom. The number of hydrogen-bond donors (Lipinski definition) is 2. The minimum Gasteiger partial charge on any atom is -0.444 e.